The zero-order valence-corrected chi connectivity index (χ0v) is 19.0. The van der Waals surface area contributed by atoms with E-state index in [2.05, 4.69) is 20.8 Å². The first-order valence-corrected chi connectivity index (χ1v) is 12.2. The van der Waals surface area contributed by atoms with Gasteiger partial charge in [-0.2, -0.15) is 0 Å². The molecule has 2 fully saturated rings. The molecule has 0 aliphatic carbocycles. The summed E-state index contributed by atoms with van der Waals surface area (Å²) in [6.07, 6.45) is 4.63. The second kappa shape index (κ2) is 9.13. The summed E-state index contributed by atoms with van der Waals surface area (Å²) in [4.78, 5) is 26.4. The molecule has 0 spiro atoms. The van der Waals surface area contributed by atoms with Crippen molar-refractivity contribution < 1.29 is 18.7 Å². The summed E-state index contributed by atoms with van der Waals surface area (Å²) in [5.41, 5.74) is 1.59. The fourth-order valence-corrected chi connectivity index (χ4v) is 5.16. The Balaban J connectivity index is 1.32. The van der Waals surface area contributed by atoms with E-state index < -0.39 is 0 Å². The number of carbonyl (C=O) groups is 2. The van der Waals surface area contributed by atoms with Crippen LogP contribution in [0.15, 0.2) is 41.0 Å². The van der Waals surface area contributed by atoms with Crippen molar-refractivity contribution in [2.24, 2.45) is 0 Å². The molecule has 32 heavy (non-hydrogen) atoms. The summed E-state index contributed by atoms with van der Waals surface area (Å²) < 4.78 is 14.2. The van der Waals surface area contributed by atoms with Crippen LogP contribution in [0.2, 0.25) is 0 Å². The number of nitrogens with zero attached hydrogens (tertiary/aromatic N) is 2. The highest BCUT2D eigenvalue weighted by Gasteiger charge is 2.31. The molecule has 8 heteroatoms. The highest BCUT2D eigenvalue weighted by atomic mass is 32.2. The minimum absolute atomic E-state index is 0.211. The van der Waals surface area contributed by atoms with Gasteiger partial charge in [-0.3, -0.25) is 19.8 Å². The Bertz CT molecular complexity index is 1150. The standard InChI is InChI=1S/C24H27N3O4S/c1-32-27-10-8-26(9-11-27)12-13-30-17-3-4-18-16(14-17)2-6-21-23(18)20(15-31-21)19-5-7-22(28)25-24(19)29/h2-4,6,14-15,19H,5,7-13H2,1H3,(H,25,28,29). The second-order valence-electron chi connectivity index (χ2n) is 8.32. The van der Waals surface area contributed by atoms with Gasteiger partial charge in [0.1, 0.15) is 17.9 Å². The summed E-state index contributed by atoms with van der Waals surface area (Å²) in [5.74, 6) is 0.00352. The van der Waals surface area contributed by atoms with E-state index in [1.165, 1.54) is 0 Å². The predicted octanol–water partition coefficient (Wildman–Crippen LogP) is 3.38. The molecule has 1 unspecified atom stereocenters. The fourth-order valence-electron chi connectivity index (χ4n) is 4.63. The molecule has 0 radical (unpaired) electrons. The monoisotopic (exact) mass is 453 g/mol. The van der Waals surface area contributed by atoms with Gasteiger partial charge in [0, 0.05) is 50.1 Å². The van der Waals surface area contributed by atoms with E-state index in [1.54, 1.807) is 6.26 Å². The third-order valence-electron chi connectivity index (χ3n) is 6.43. The highest BCUT2D eigenvalue weighted by molar-refractivity contribution is 7.96. The van der Waals surface area contributed by atoms with Gasteiger partial charge in [0.25, 0.3) is 0 Å². The molecule has 2 aliphatic rings. The number of amides is 2. The van der Waals surface area contributed by atoms with Crippen LogP contribution >= 0.6 is 11.9 Å². The normalized spacial score (nSPS) is 20.7. The number of hydrogen-bond acceptors (Lipinski definition) is 7. The number of rotatable bonds is 6. The largest absolute Gasteiger partial charge is 0.492 e. The summed E-state index contributed by atoms with van der Waals surface area (Å²) in [6.45, 7) is 5.90. The van der Waals surface area contributed by atoms with Crippen LogP contribution in [-0.2, 0) is 9.59 Å². The van der Waals surface area contributed by atoms with Crippen LogP contribution in [0.4, 0.5) is 0 Å². The molecule has 3 heterocycles. The molecule has 3 aromatic rings. The van der Waals surface area contributed by atoms with Crippen LogP contribution in [0, 0.1) is 0 Å². The van der Waals surface area contributed by atoms with E-state index in [4.69, 9.17) is 9.15 Å². The first kappa shape index (κ1) is 21.3. The number of piperazine rings is 1. The molecule has 2 saturated heterocycles. The first-order valence-electron chi connectivity index (χ1n) is 11.0. The Morgan fingerprint density at radius 3 is 2.78 bits per heavy atom. The van der Waals surface area contributed by atoms with E-state index in [0.29, 0.717) is 19.4 Å². The number of piperidine rings is 1. The molecular formula is C24H27N3O4S. The van der Waals surface area contributed by atoms with Crippen molar-refractivity contribution in [3.8, 4) is 5.75 Å². The van der Waals surface area contributed by atoms with E-state index in [1.807, 2.05) is 42.3 Å². The summed E-state index contributed by atoms with van der Waals surface area (Å²) in [5, 5.41) is 5.45. The average Bonchev–Trinajstić information content (AvgIpc) is 3.24. The van der Waals surface area contributed by atoms with Crippen molar-refractivity contribution in [1.29, 1.82) is 0 Å². The first-order chi connectivity index (χ1) is 15.6. The Hall–Kier alpha value is -2.55. The van der Waals surface area contributed by atoms with Gasteiger partial charge < -0.3 is 9.15 Å². The molecular weight excluding hydrogens is 426 g/mol. The third-order valence-corrected chi connectivity index (χ3v) is 7.32. The molecule has 2 amide bonds. The molecule has 168 valence electrons. The lowest BCUT2D eigenvalue weighted by molar-refractivity contribution is -0.134. The van der Waals surface area contributed by atoms with Gasteiger partial charge in [-0.15, -0.1) is 0 Å². The van der Waals surface area contributed by atoms with Crippen LogP contribution in [0.1, 0.15) is 24.3 Å². The highest BCUT2D eigenvalue weighted by Crippen LogP contribution is 2.37. The van der Waals surface area contributed by atoms with E-state index in [-0.39, 0.29) is 17.7 Å². The molecule has 5 rings (SSSR count). The van der Waals surface area contributed by atoms with Crippen LogP contribution in [0.3, 0.4) is 0 Å². The maximum atomic E-state index is 12.4. The summed E-state index contributed by atoms with van der Waals surface area (Å²) in [6, 6.07) is 10.0. The van der Waals surface area contributed by atoms with Crippen molar-refractivity contribution in [2.45, 2.75) is 18.8 Å². The van der Waals surface area contributed by atoms with Gasteiger partial charge in [0.15, 0.2) is 0 Å². The SMILES string of the molecule is CSN1CCN(CCOc2ccc3c(ccc4occ(C5CCC(=O)NC5=O)c43)c2)CC1. The number of carbonyl (C=O) groups excluding carboxylic acids is 2. The van der Waals surface area contributed by atoms with E-state index in [0.717, 1.165) is 65.8 Å². The van der Waals surface area contributed by atoms with Gasteiger partial charge in [0.2, 0.25) is 11.8 Å². The van der Waals surface area contributed by atoms with Crippen molar-refractivity contribution >= 4 is 45.5 Å². The molecule has 1 aromatic heterocycles. The lowest BCUT2D eigenvalue weighted by Crippen LogP contribution is -2.44. The summed E-state index contributed by atoms with van der Waals surface area (Å²) in [7, 11) is 0. The number of benzene rings is 2. The maximum absolute atomic E-state index is 12.4. The Morgan fingerprint density at radius 2 is 2.00 bits per heavy atom. The minimum Gasteiger partial charge on any atom is -0.492 e. The Labute approximate surface area is 191 Å². The van der Waals surface area contributed by atoms with Crippen molar-refractivity contribution in [1.82, 2.24) is 14.5 Å². The van der Waals surface area contributed by atoms with Crippen molar-refractivity contribution in [2.75, 3.05) is 45.6 Å². The average molecular weight is 454 g/mol. The minimum atomic E-state index is -0.373. The van der Waals surface area contributed by atoms with Crippen molar-refractivity contribution in [3.63, 3.8) is 0 Å². The van der Waals surface area contributed by atoms with Crippen LogP contribution in [0.5, 0.6) is 5.75 Å². The molecule has 1 N–H and O–H groups in total. The van der Waals surface area contributed by atoms with Gasteiger partial charge in [-0.25, -0.2) is 4.31 Å². The number of fused-ring (bicyclic) bond motifs is 3. The van der Waals surface area contributed by atoms with Gasteiger partial charge >= 0.3 is 0 Å². The number of furan rings is 1. The van der Waals surface area contributed by atoms with E-state index in [9.17, 15) is 9.59 Å². The Kier molecular flexibility index (Phi) is 6.08. The van der Waals surface area contributed by atoms with Gasteiger partial charge in [-0.05, 0) is 47.7 Å². The van der Waals surface area contributed by atoms with Crippen LogP contribution in [-0.4, -0.2) is 66.6 Å². The van der Waals surface area contributed by atoms with Gasteiger partial charge in [0.05, 0.1) is 12.2 Å². The van der Waals surface area contributed by atoms with E-state index >= 15 is 0 Å². The van der Waals surface area contributed by atoms with Gasteiger partial charge in [-0.1, -0.05) is 18.0 Å². The molecule has 0 saturated carbocycles. The van der Waals surface area contributed by atoms with Crippen LogP contribution < -0.4 is 10.1 Å². The predicted molar refractivity (Wildman–Crippen MR) is 126 cm³/mol. The zero-order valence-electron chi connectivity index (χ0n) is 18.1. The fraction of sp³-hybridized carbons (Fsp3) is 0.417. The molecule has 7 nitrogen and oxygen atoms in total. The Morgan fingerprint density at radius 1 is 1.16 bits per heavy atom. The number of ether oxygens (including phenoxy) is 1. The number of hydrogen-bond donors (Lipinski definition) is 1. The molecule has 2 aliphatic heterocycles. The zero-order chi connectivity index (χ0) is 22.1. The third kappa shape index (κ3) is 4.22. The molecule has 1 atom stereocenters. The molecule has 2 aromatic carbocycles. The maximum Gasteiger partial charge on any atom is 0.234 e. The quantitative estimate of drug-likeness (QED) is 0.453. The lowest BCUT2D eigenvalue weighted by Gasteiger charge is -2.32. The number of imide groups is 1. The lowest BCUT2D eigenvalue weighted by atomic mass is 9.89. The smallest absolute Gasteiger partial charge is 0.234 e. The molecule has 0 bridgehead atoms. The topological polar surface area (TPSA) is 75.0 Å². The van der Waals surface area contributed by atoms with Crippen LogP contribution in [0.25, 0.3) is 21.7 Å². The van der Waals surface area contributed by atoms with Crippen molar-refractivity contribution in [3.05, 3.63) is 42.2 Å². The summed E-state index contributed by atoms with van der Waals surface area (Å²) >= 11 is 1.81. The number of nitrogens with one attached hydrogen (secondary N) is 1. The second-order valence-corrected chi connectivity index (χ2v) is 9.20.